The number of rotatable bonds is 3. The van der Waals surface area contributed by atoms with E-state index in [-0.39, 0.29) is 34.8 Å². The molecular weight excluding hydrogens is 320 g/mol. The molecule has 23 heavy (non-hydrogen) atoms. The average Bonchev–Trinajstić information content (AvgIpc) is 3.09. The van der Waals surface area contributed by atoms with Crippen molar-refractivity contribution in [1.29, 1.82) is 0 Å². The van der Waals surface area contributed by atoms with Crippen molar-refractivity contribution < 1.29 is 9.72 Å². The molecule has 0 bridgehead atoms. The number of piperazine rings is 1. The second-order valence-electron chi connectivity index (χ2n) is 5.75. The number of carbonyl (C=O) groups excluding carboxylic acids is 1. The van der Waals surface area contributed by atoms with Gasteiger partial charge in [0, 0.05) is 38.8 Å². The molecule has 1 atom stereocenters. The summed E-state index contributed by atoms with van der Waals surface area (Å²) in [6.45, 7) is 4.20. The molecule has 1 unspecified atom stereocenters. The Morgan fingerprint density at radius 2 is 1.91 bits per heavy atom. The highest BCUT2D eigenvalue weighted by atomic mass is 35.5. The Morgan fingerprint density at radius 1 is 1.22 bits per heavy atom. The highest BCUT2D eigenvalue weighted by molar-refractivity contribution is 5.85. The Bertz CT molecular complexity index is 570. The largest absolute Gasteiger partial charge is 0.362 e. The molecule has 3 rings (SSSR count). The van der Waals surface area contributed by atoms with Crippen LogP contribution in [0.3, 0.4) is 0 Å². The molecule has 7 nitrogen and oxygen atoms in total. The molecule has 0 saturated carbocycles. The molecule has 0 radical (unpaired) electrons. The lowest BCUT2D eigenvalue weighted by molar-refractivity contribution is -0.384. The normalized spacial score (nSPS) is 21.0. The zero-order valence-corrected chi connectivity index (χ0v) is 13.6. The number of carbonyl (C=O) groups is 1. The van der Waals surface area contributed by atoms with Crippen LogP contribution in [0.15, 0.2) is 24.3 Å². The van der Waals surface area contributed by atoms with Crippen LogP contribution < -0.4 is 10.2 Å². The third-order valence-corrected chi connectivity index (χ3v) is 4.42. The van der Waals surface area contributed by atoms with Crippen molar-refractivity contribution >= 4 is 29.7 Å². The molecule has 0 aromatic heterocycles. The number of halogens is 1. The fraction of sp³-hybridized carbons (Fsp3) is 0.533. The predicted molar refractivity (Wildman–Crippen MR) is 90.1 cm³/mol. The molecule has 126 valence electrons. The quantitative estimate of drug-likeness (QED) is 0.662. The van der Waals surface area contributed by atoms with Crippen LogP contribution >= 0.6 is 12.4 Å². The van der Waals surface area contributed by atoms with Gasteiger partial charge in [0.25, 0.3) is 5.69 Å². The fourth-order valence-corrected chi connectivity index (χ4v) is 3.18. The number of nitro groups is 1. The second kappa shape index (κ2) is 7.61. The summed E-state index contributed by atoms with van der Waals surface area (Å²) in [4.78, 5) is 27.0. The summed E-state index contributed by atoms with van der Waals surface area (Å²) in [7, 11) is 0. The Hall–Kier alpha value is -1.86. The zero-order valence-electron chi connectivity index (χ0n) is 12.8. The lowest BCUT2D eigenvalue weighted by Crippen LogP contribution is -2.50. The molecule has 1 aromatic carbocycles. The maximum absolute atomic E-state index is 12.4. The molecule has 1 aromatic rings. The Labute approximate surface area is 141 Å². The van der Waals surface area contributed by atoms with Crippen LogP contribution in [0.2, 0.25) is 0 Å². The Balaban J connectivity index is 0.00000192. The van der Waals surface area contributed by atoms with E-state index in [4.69, 9.17) is 0 Å². The standard InChI is InChI=1S/C15H20N4O3.ClH/c20-15(12-5-6-16-11-12)18-9-7-17(8-10-18)13-3-1-2-4-14(13)19(21)22;/h1-4,12,16H,5-11H2;1H. The Morgan fingerprint density at radius 3 is 2.52 bits per heavy atom. The minimum atomic E-state index is -0.350. The van der Waals surface area contributed by atoms with E-state index < -0.39 is 0 Å². The van der Waals surface area contributed by atoms with E-state index in [1.54, 1.807) is 12.1 Å². The van der Waals surface area contributed by atoms with Crippen LogP contribution in [0.5, 0.6) is 0 Å². The van der Waals surface area contributed by atoms with Crippen LogP contribution in [0.4, 0.5) is 11.4 Å². The first-order chi connectivity index (χ1) is 10.7. The summed E-state index contributed by atoms with van der Waals surface area (Å²) in [5.74, 6) is 0.310. The van der Waals surface area contributed by atoms with Gasteiger partial charge >= 0.3 is 0 Å². The van der Waals surface area contributed by atoms with Crippen molar-refractivity contribution in [2.45, 2.75) is 6.42 Å². The van der Waals surface area contributed by atoms with E-state index in [2.05, 4.69) is 5.32 Å². The van der Waals surface area contributed by atoms with Gasteiger partial charge < -0.3 is 15.1 Å². The average molecular weight is 341 g/mol. The first-order valence-electron chi connectivity index (χ1n) is 7.64. The van der Waals surface area contributed by atoms with E-state index in [1.807, 2.05) is 15.9 Å². The molecule has 2 saturated heterocycles. The van der Waals surface area contributed by atoms with E-state index in [0.717, 1.165) is 19.5 Å². The smallest absolute Gasteiger partial charge is 0.292 e. The van der Waals surface area contributed by atoms with Gasteiger partial charge in [0.1, 0.15) is 5.69 Å². The molecule has 2 fully saturated rings. The van der Waals surface area contributed by atoms with Crippen molar-refractivity contribution in [2.24, 2.45) is 5.92 Å². The van der Waals surface area contributed by atoms with Crippen molar-refractivity contribution in [3.05, 3.63) is 34.4 Å². The third kappa shape index (κ3) is 3.73. The van der Waals surface area contributed by atoms with E-state index in [1.165, 1.54) is 6.07 Å². The SMILES string of the molecule is Cl.O=C(C1CCNC1)N1CCN(c2ccccc2[N+](=O)[O-])CC1. The van der Waals surface area contributed by atoms with Gasteiger partial charge in [0.15, 0.2) is 0 Å². The van der Waals surface area contributed by atoms with Gasteiger partial charge in [-0.15, -0.1) is 12.4 Å². The van der Waals surface area contributed by atoms with Gasteiger partial charge in [-0.2, -0.15) is 0 Å². The van der Waals surface area contributed by atoms with Crippen LogP contribution in [-0.2, 0) is 4.79 Å². The van der Waals surface area contributed by atoms with E-state index in [0.29, 0.717) is 31.9 Å². The Kier molecular flexibility index (Phi) is 5.79. The number of benzene rings is 1. The molecule has 2 aliphatic heterocycles. The summed E-state index contributed by atoms with van der Waals surface area (Å²) < 4.78 is 0. The van der Waals surface area contributed by atoms with Crippen molar-refractivity contribution in [3.63, 3.8) is 0 Å². The van der Waals surface area contributed by atoms with Gasteiger partial charge in [-0.05, 0) is 19.0 Å². The summed E-state index contributed by atoms with van der Waals surface area (Å²) in [6.07, 6.45) is 0.906. The highest BCUT2D eigenvalue weighted by Crippen LogP contribution is 2.28. The molecular formula is C15H21ClN4O3. The van der Waals surface area contributed by atoms with E-state index >= 15 is 0 Å². The molecule has 2 heterocycles. The van der Waals surface area contributed by atoms with E-state index in [9.17, 15) is 14.9 Å². The first-order valence-corrected chi connectivity index (χ1v) is 7.64. The fourth-order valence-electron chi connectivity index (χ4n) is 3.18. The van der Waals surface area contributed by atoms with Crippen LogP contribution in [-0.4, -0.2) is 55.0 Å². The van der Waals surface area contributed by atoms with Gasteiger partial charge in [-0.3, -0.25) is 14.9 Å². The molecule has 1 amide bonds. The molecule has 1 N–H and O–H groups in total. The number of hydrogen-bond acceptors (Lipinski definition) is 5. The number of hydrogen-bond donors (Lipinski definition) is 1. The van der Waals surface area contributed by atoms with Crippen LogP contribution in [0, 0.1) is 16.0 Å². The molecule has 0 spiro atoms. The van der Waals surface area contributed by atoms with Crippen LogP contribution in [0.1, 0.15) is 6.42 Å². The maximum atomic E-state index is 12.4. The predicted octanol–water partition coefficient (Wildman–Crippen LogP) is 1.27. The van der Waals surface area contributed by atoms with Gasteiger partial charge in [-0.25, -0.2) is 0 Å². The van der Waals surface area contributed by atoms with Gasteiger partial charge in [0.05, 0.1) is 10.8 Å². The number of nitrogens with zero attached hydrogens (tertiary/aromatic N) is 3. The first kappa shape index (κ1) is 17.5. The zero-order chi connectivity index (χ0) is 15.5. The number of nitrogens with one attached hydrogen (secondary N) is 1. The highest BCUT2D eigenvalue weighted by Gasteiger charge is 2.30. The molecule has 8 heteroatoms. The topological polar surface area (TPSA) is 78.7 Å². The van der Waals surface area contributed by atoms with Crippen molar-refractivity contribution in [3.8, 4) is 0 Å². The lowest BCUT2D eigenvalue weighted by Gasteiger charge is -2.36. The lowest BCUT2D eigenvalue weighted by atomic mass is 10.1. The summed E-state index contributed by atoms with van der Waals surface area (Å²) >= 11 is 0. The van der Waals surface area contributed by atoms with Gasteiger partial charge in [0.2, 0.25) is 5.91 Å². The number of para-hydroxylation sites is 2. The molecule has 0 aliphatic carbocycles. The summed E-state index contributed by atoms with van der Waals surface area (Å²) in [5, 5.41) is 14.3. The molecule has 2 aliphatic rings. The number of anilines is 1. The number of nitro benzene ring substituents is 1. The van der Waals surface area contributed by atoms with Gasteiger partial charge in [-0.1, -0.05) is 12.1 Å². The minimum Gasteiger partial charge on any atom is -0.362 e. The second-order valence-corrected chi connectivity index (χ2v) is 5.75. The van der Waals surface area contributed by atoms with Crippen molar-refractivity contribution in [1.82, 2.24) is 10.2 Å². The summed E-state index contributed by atoms with van der Waals surface area (Å²) in [6, 6.07) is 6.78. The summed E-state index contributed by atoms with van der Waals surface area (Å²) in [5.41, 5.74) is 0.768. The minimum absolute atomic E-state index is 0. The number of amides is 1. The van der Waals surface area contributed by atoms with Crippen molar-refractivity contribution in [2.75, 3.05) is 44.2 Å². The maximum Gasteiger partial charge on any atom is 0.292 e. The monoisotopic (exact) mass is 340 g/mol. The third-order valence-electron chi connectivity index (χ3n) is 4.42. The van der Waals surface area contributed by atoms with Crippen LogP contribution in [0.25, 0.3) is 0 Å².